The first-order valence-corrected chi connectivity index (χ1v) is 10.7. The Kier molecular flexibility index (Phi) is 5.34. The van der Waals surface area contributed by atoms with Crippen LogP contribution in [-0.4, -0.2) is 42.2 Å². The molecule has 0 spiro atoms. The molecule has 1 unspecified atom stereocenters. The van der Waals surface area contributed by atoms with Crippen LogP contribution in [0.4, 0.5) is 5.82 Å². The minimum atomic E-state index is -0.522. The van der Waals surface area contributed by atoms with E-state index in [9.17, 15) is 9.90 Å². The van der Waals surface area contributed by atoms with Crippen LogP contribution in [0.25, 0.3) is 27.5 Å². The molecule has 0 radical (unpaired) electrons. The number of pyridine rings is 1. The van der Waals surface area contributed by atoms with Gasteiger partial charge < -0.3 is 21.3 Å². The van der Waals surface area contributed by atoms with Crippen LogP contribution in [0.3, 0.4) is 0 Å². The number of carbonyl (C=O) groups excluding carboxylic acids is 1. The summed E-state index contributed by atoms with van der Waals surface area (Å²) in [6, 6.07) is 12.5. The van der Waals surface area contributed by atoms with Gasteiger partial charge in [0.15, 0.2) is 11.6 Å². The average molecular weight is 457 g/mol. The molecule has 1 amide bonds. The Bertz CT molecular complexity index is 1510. The van der Waals surface area contributed by atoms with Crippen LogP contribution in [-0.2, 0) is 6.54 Å². The van der Waals surface area contributed by atoms with Crippen molar-refractivity contribution in [2.45, 2.75) is 19.6 Å². The molecule has 172 valence electrons. The number of hydrogen-bond acceptors (Lipinski definition) is 7. The largest absolute Gasteiger partial charge is 0.482 e. The zero-order valence-electron chi connectivity index (χ0n) is 18.4. The molecule has 0 fully saturated rings. The van der Waals surface area contributed by atoms with Gasteiger partial charge in [0.1, 0.15) is 6.10 Å². The average Bonchev–Trinajstić information content (AvgIpc) is 3.49. The van der Waals surface area contributed by atoms with Gasteiger partial charge in [0.25, 0.3) is 0 Å². The summed E-state index contributed by atoms with van der Waals surface area (Å²) < 4.78 is 9.79. The van der Waals surface area contributed by atoms with Crippen LogP contribution in [0.15, 0.2) is 61.1 Å². The number of nitrogens with two attached hydrogens (primary N) is 2. The van der Waals surface area contributed by atoms with Crippen molar-refractivity contribution in [3.63, 3.8) is 0 Å². The molecule has 5 rings (SSSR count). The lowest BCUT2D eigenvalue weighted by atomic mass is 10.1. The topological polar surface area (TPSA) is 147 Å². The Morgan fingerprint density at radius 1 is 1.18 bits per heavy atom. The second-order valence-corrected chi connectivity index (χ2v) is 7.92. The van der Waals surface area contributed by atoms with Crippen molar-refractivity contribution in [3.8, 4) is 11.4 Å². The summed E-state index contributed by atoms with van der Waals surface area (Å²) in [6.45, 7) is 2.26. The van der Waals surface area contributed by atoms with Gasteiger partial charge in [0.05, 0.1) is 36.1 Å². The van der Waals surface area contributed by atoms with Crippen molar-refractivity contribution in [1.29, 1.82) is 0 Å². The molecule has 0 saturated heterocycles. The first-order valence-electron chi connectivity index (χ1n) is 10.7. The fourth-order valence-corrected chi connectivity index (χ4v) is 4.01. The van der Waals surface area contributed by atoms with Crippen molar-refractivity contribution in [2.75, 3.05) is 12.3 Å². The quantitative estimate of drug-likeness (QED) is 0.340. The Labute approximate surface area is 194 Å². The smallest absolute Gasteiger partial charge is 0.248 e. The maximum Gasteiger partial charge on any atom is 0.248 e. The van der Waals surface area contributed by atoms with Crippen molar-refractivity contribution >= 4 is 33.5 Å². The SMILES string of the molecule is CC(Oc1cc2cc(C(N)=O)ccc2nc1N)c1cc2c(cnn2CCO)cc1-n1cccn1. The first kappa shape index (κ1) is 21.4. The van der Waals surface area contributed by atoms with Crippen LogP contribution in [0, 0.1) is 0 Å². The van der Waals surface area contributed by atoms with E-state index in [1.165, 1.54) is 0 Å². The summed E-state index contributed by atoms with van der Waals surface area (Å²) in [5.41, 5.74) is 15.2. The highest BCUT2D eigenvalue weighted by Crippen LogP contribution is 2.33. The lowest BCUT2D eigenvalue weighted by Gasteiger charge is -2.20. The molecule has 0 aliphatic heterocycles. The van der Waals surface area contributed by atoms with Crippen LogP contribution >= 0.6 is 0 Å². The minimum Gasteiger partial charge on any atom is -0.482 e. The van der Waals surface area contributed by atoms with Crippen LogP contribution in [0.2, 0.25) is 0 Å². The number of primary amides is 1. The number of aliphatic hydroxyl groups excluding tert-OH is 1. The molecule has 3 heterocycles. The highest BCUT2D eigenvalue weighted by Gasteiger charge is 2.19. The standard InChI is InChI=1S/C24H23N7O3/c1-14(34-22-11-16-9-15(24(26)33)3-4-19(16)29-23(22)25)18-12-20-17(13-28-31(20)7-8-32)10-21(18)30-6-2-5-27-30/h2-6,9-14,32H,7-8H2,1H3,(H2,25,29)(H2,26,33). The maximum atomic E-state index is 11.6. The first-order chi connectivity index (χ1) is 16.4. The number of fused-ring (bicyclic) bond motifs is 2. The molecular weight excluding hydrogens is 434 g/mol. The number of ether oxygens (including phenoxy) is 1. The Balaban J connectivity index is 1.58. The third-order valence-electron chi connectivity index (χ3n) is 5.69. The minimum absolute atomic E-state index is 0.0222. The lowest BCUT2D eigenvalue weighted by molar-refractivity contribution is 0.100. The number of anilines is 1. The highest BCUT2D eigenvalue weighted by atomic mass is 16.5. The number of benzene rings is 2. The molecule has 0 saturated carbocycles. The number of nitrogens with zero attached hydrogens (tertiary/aromatic N) is 5. The third-order valence-corrected chi connectivity index (χ3v) is 5.69. The molecule has 5 N–H and O–H groups in total. The molecule has 3 aromatic heterocycles. The number of hydrogen-bond donors (Lipinski definition) is 3. The van der Waals surface area contributed by atoms with E-state index >= 15 is 0 Å². The third kappa shape index (κ3) is 3.80. The predicted octanol–water partition coefficient (Wildman–Crippen LogP) is 2.58. The number of amides is 1. The van der Waals surface area contributed by atoms with Crippen molar-refractivity contribution in [1.82, 2.24) is 24.5 Å². The normalized spacial score (nSPS) is 12.3. The van der Waals surface area contributed by atoms with E-state index in [4.69, 9.17) is 16.2 Å². The summed E-state index contributed by atoms with van der Waals surface area (Å²) in [4.78, 5) is 16.0. The van der Waals surface area contributed by atoms with Crippen molar-refractivity contribution in [2.24, 2.45) is 5.73 Å². The fraction of sp³-hybridized carbons (Fsp3) is 0.167. The van der Waals surface area contributed by atoms with Gasteiger partial charge in [-0.25, -0.2) is 9.67 Å². The number of rotatable bonds is 7. The molecule has 34 heavy (non-hydrogen) atoms. The summed E-state index contributed by atoms with van der Waals surface area (Å²) in [7, 11) is 0. The van der Waals surface area contributed by atoms with E-state index in [-0.39, 0.29) is 12.4 Å². The van der Waals surface area contributed by atoms with Gasteiger partial charge in [-0.1, -0.05) is 0 Å². The Morgan fingerprint density at radius 3 is 2.76 bits per heavy atom. The van der Waals surface area contributed by atoms with Crippen molar-refractivity contribution in [3.05, 3.63) is 72.2 Å². The molecule has 0 bridgehead atoms. The van der Waals surface area contributed by atoms with Crippen LogP contribution < -0.4 is 16.2 Å². The molecule has 0 aliphatic carbocycles. The zero-order valence-corrected chi connectivity index (χ0v) is 18.4. The Hall–Kier alpha value is -4.44. The van der Waals surface area contributed by atoms with Gasteiger partial charge >= 0.3 is 0 Å². The van der Waals surface area contributed by atoms with E-state index in [0.717, 1.165) is 22.2 Å². The monoisotopic (exact) mass is 457 g/mol. The summed E-state index contributed by atoms with van der Waals surface area (Å²) in [5.74, 6) is 0.0985. The van der Waals surface area contributed by atoms with E-state index < -0.39 is 12.0 Å². The molecule has 5 aromatic rings. The predicted molar refractivity (Wildman–Crippen MR) is 128 cm³/mol. The van der Waals surface area contributed by atoms with Crippen LogP contribution in [0.1, 0.15) is 28.9 Å². The summed E-state index contributed by atoms with van der Waals surface area (Å²) in [5, 5.41) is 19.8. The summed E-state index contributed by atoms with van der Waals surface area (Å²) in [6.07, 6.45) is 4.87. The zero-order chi connectivity index (χ0) is 23.8. The number of aromatic nitrogens is 5. The van der Waals surface area contributed by atoms with Gasteiger partial charge in [-0.2, -0.15) is 10.2 Å². The fourth-order valence-electron chi connectivity index (χ4n) is 4.01. The number of nitrogen functional groups attached to an aromatic ring is 1. The molecule has 10 heteroatoms. The van der Waals surface area contributed by atoms with Crippen LogP contribution in [0.5, 0.6) is 5.75 Å². The molecule has 10 nitrogen and oxygen atoms in total. The Morgan fingerprint density at radius 2 is 2.03 bits per heavy atom. The van der Waals surface area contributed by atoms with Gasteiger partial charge in [-0.05, 0) is 49.4 Å². The number of carbonyl (C=O) groups is 1. The lowest BCUT2D eigenvalue weighted by Crippen LogP contribution is -2.12. The molecule has 1 atom stereocenters. The second kappa shape index (κ2) is 8.49. The molecular formula is C24H23N7O3. The van der Waals surface area contributed by atoms with Gasteiger partial charge in [-0.3, -0.25) is 9.48 Å². The van der Waals surface area contributed by atoms with Gasteiger partial charge in [0.2, 0.25) is 5.91 Å². The van der Waals surface area contributed by atoms with E-state index in [1.54, 1.807) is 46.0 Å². The highest BCUT2D eigenvalue weighted by molar-refractivity contribution is 5.97. The number of aliphatic hydroxyl groups is 1. The van der Waals surface area contributed by atoms with E-state index in [0.29, 0.717) is 28.8 Å². The van der Waals surface area contributed by atoms with Gasteiger partial charge in [-0.15, -0.1) is 0 Å². The van der Waals surface area contributed by atoms with E-state index in [2.05, 4.69) is 15.2 Å². The summed E-state index contributed by atoms with van der Waals surface area (Å²) >= 11 is 0. The van der Waals surface area contributed by atoms with Crippen molar-refractivity contribution < 1.29 is 14.6 Å². The molecule has 2 aromatic carbocycles. The van der Waals surface area contributed by atoms with E-state index in [1.807, 2.05) is 31.3 Å². The maximum absolute atomic E-state index is 11.6. The van der Waals surface area contributed by atoms with Gasteiger partial charge in [0, 0.05) is 34.3 Å². The second-order valence-electron chi connectivity index (χ2n) is 7.92. The molecule has 0 aliphatic rings.